The van der Waals surface area contributed by atoms with Crippen molar-refractivity contribution in [3.63, 3.8) is 0 Å². The molecule has 3 aromatic rings. The highest BCUT2D eigenvalue weighted by molar-refractivity contribution is 5.64. The highest BCUT2D eigenvalue weighted by atomic mass is 19.1. The second-order valence-electron chi connectivity index (χ2n) is 6.82. The number of nitrogens with zero attached hydrogens (tertiary/aromatic N) is 4. The van der Waals surface area contributed by atoms with E-state index in [4.69, 9.17) is 15.7 Å². The maximum atomic E-state index is 13.1. The Labute approximate surface area is 162 Å². The van der Waals surface area contributed by atoms with E-state index in [1.165, 1.54) is 12.1 Å². The zero-order valence-corrected chi connectivity index (χ0v) is 15.3. The molecule has 0 saturated carbocycles. The first-order valence-electron chi connectivity index (χ1n) is 9.16. The van der Waals surface area contributed by atoms with Gasteiger partial charge in [0.1, 0.15) is 23.1 Å². The second-order valence-corrected chi connectivity index (χ2v) is 6.82. The van der Waals surface area contributed by atoms with Crippen LogP contribution in [0.25, 0.3) is 11.3 Å². The highest BCUT2D eigenvalue weighted by Crippen LogP contribution is 2.30. The van der Waals surface area contributed by atoms with Gasteiger partial charge in [-0.05, 0) is 49.2 Å². The van der Waals surface area contributed by atoms with Gasteiger partial charge in [-0.25, -0.2) is 9.07 Å². The summed E-state index contributed by atoms with van der Waals surface area (Å²) in [7, 11) is 0. The van der Waals surface area contributed by atoms with Gasteiger partial charge in [0.25, 0.3) is 0 Å². The van der Waals surface area contributed by atoms with Gasteiger partial charge < -0.3 is 15.4 Å². The molecule has 1 saturated heterocycles. The van der Waals surface area contributed by atoms with Crippen molar-refractivity contribution in [2.75, 3.05) is 18.8 Å². The van der Waals surface area contributed by atoms with Gasteiger partial charge in [-0.15, -0.1) is 0 Å². The molecule has 2 heterocycles. The quantitative estimate of drug-likeness (QED) is 0.690. The molecule has 2 aromatic carbocycles. The average molecular weight is 377 g/mol. The molecule has 1 aliphatic rings. The van der Waals surface area contributed by atoms with Crippen LogP contribution in [0.15, 0.2) is 54.6 Å². The van der Waals surface area contributed by atoms with Crippen molar-refractivity contribution < 1.29 is 9.13 Å². The first-order chi connectivity index (χ1) is 13.6. The van der Waals surface area contributed by atoms with E-state index in [-0.39, 0.29) is 11.9 Å². The number of nitrogens with two attached hydrogens (primary N) is 1. The van der Waals surface area contributed by atoms with Gasteiger partial charge in [0.15, 0.2) is 6.19 Å². The van der Waals surface area contributed by atoms with Gasteiger partial charge in [0.2, 0.25) is 0 Å². The summed E-state index contributed by atoms with van der Waals surface area (Å²) >= 11 is 0. The number of aromatic nitrogens is 2. The summed E-state index contributed by atoms with van der Waals surface area (Å²) in [6, 6.07) is 15.3. The Morgan fingerprint density at radius 3 is 2.75 bits per heavy atom. The zero-order valence-electron chi connectivity index (χ0n) is 15.3. The average Bonchev–Trinajstić information content (AvgIpc) is 3.12. The van der Waals surface area contributed by atoms with E-state index in [0.717, 1.165) is 30.6 Å². The molecule has 6 nitrogen and oxygen atoms in total. The molecular weight excluding hydrogens is 357 g/mol. The molecule has 0 aliphatic carbocycles. The normalized spacial score (nSPS) is 16.6. The Bertz CT molecular complexity index is 1010. The maximum absolute atomic E-state index is 13.1. The van der Waals surface area contributed by atoms with Crippen LogP contribution in [0, 0.1) is 17.3 Å². The summed E-state index contributed by atoms with van der Waals surface area (Å²) in [6.45, 7) is 1.40. The molecule has 1 aliphatic heterocycles. The van der Waals surface area contributed by atoms with Crippen LogP contribution in [0.3, 0.4) is 0 Å². The summed E-state index contributed by atoms with van der Waals surface area (Å²) in [6.07, 6.45) is 4.09. The number of hydrogen-bond acceptors (Lipinski definition) is 5. The minimum Gasteiger partial charge on any atom is -0.457 e. The number of anilines is 1. The van der Waals surface area contributed by atoms with E-state index in [1.54, 1.807) is 17.0 Å². The molecule has 2 N–H and O–H groups in total. The lowest BCUT2D eigenvalue weighted by Gasteiger charge is -2.29. The molecule has 0 radical (unpaired) electrons. The lowest BCUT2D eigenvalue weighted by molar-refractivity contribution is 0.235. The number of nitriles is 1. The SMILES string of the molecule is N#CN1CCCC(n2nc(-c3cccc(Oc4ccc(F)cc4)c3)cc2N)C1. The Hall–Kier alpha value is -3.53. The van der Waals surface area contributed by atoms with Crippen molar-refractivity contribution in [1.82, 2.24) is 14.7 Å². The molecule has 1 unspecified atom stereocenters. The summed E-state index contributed by atoms with van der Waals surface area (Å²) in [5.74, 6) is 1.46. The van der Waals surface area contributed by atoms with Crippen LogP contribution in [0.5, 0.6) is 11.5 Å². The van der Waals surface area contributed by atoms with E-state index in [1.807, 2.05) is 35.0 Å². The number of nitrogen functional groups attached to an aromatic ring is 1. The summed E-state index contributed by atoms with van der Waals surface area (Å²) in [5, 5.41) is 13.8. The van der Waals surface area contributed by atoms with Gasteiger partial charge in [-0.1, -0.05) is 12.1 Å². The van der Waals surface area contributed by atoms with Crippen molar-refractivity contribution in [3.8, 4) is 28.9 Å². The molecule has 7 heteroatoms. The van der Waals surface area contributed by atoms with Crippen LogP contribution in [-0.2, 0) is 0 Å². The number of piperidine rings is 1. The fraction of sp³-hybridized carbons (Fsp3) is 0.238. The number of rotatable bonds is 4. The minimum atomic E-state index is -0.306. The predicted molar refractivity (Wildman–Crippen MR) is 104 cm³/mol. The Morgan fingerprint density at radius 1 is 1.14 bits per heavy atom. The third kappa shape index (κ3) is 3.76. The van der Waals surface area contributed by atoms with Crippen LogP contribution in [0.1, 0.15) is 18.9 Å². The Balaban J connectivity index is 1.56. The minimum absolute atomic E-state index is 0.0841. The first-order valence-corrected chi connectivity index (χ1v) is 9.16. The molecule has 1 aromatic heterocycles. The van der Waals surface area contributed by atoms with E-state index in [0.29, 0.717) is 23.9 Å². The largest absolute Gasteiger partial charge is 0.457 e. The van der Waals surface area contributed by atoms with Crippen LogP contribution in [0.2, 0.25) is 0 Å². The predicted octanol–water partition coefficient (Wildman–Crippen LogP) is 4.18. The topological polar surface area (TPSA) is 80.1 Å². The molecule has 1 atom stereocenters. The maximum Gasteiger partial charge on any atom is 0.179 e. The van der Waals surface area contributed by atoms with Crippen molar-refractivity contribution in [2.45, 2.75) is 18.9 Å². The van der Waals surface area contributed by atoms with Crippen LogP contribution in [-0.4, -0.2) is 27.8 Å². The fourth-order valence-corrected chi connectivity index (χ4v) is 3.45. The summed E-state index contributed by atoms with van der Waals surface area (Å²) in [5.41, 5.74) is 7.82. The van der Waals surface area contributed by atoms with Crippen molar-refractivity contribution in [1.29, 1.82) is 5.26 Å². The van der Waals surface area contributed by atoms with E-state index in [2.05, 4.69) is 11.3 Å². The fourth-order valence-electron chi connectivity index (χ4n) is 3.45. The molecule has 4 rings (SSSR count). The van der Waals surface area contributed by atoms with Gasteiger partial charge in [0.05, 0.1) is 18.3 Å². The highest BCUT2D eigenvalue weighted by Gasteiger charge is 2.23. The summed E-state index contributed by atoms with van der Waals surface area (Å²) < 4.78 is 20.7. The lowest BCUT2D eigenvalue weighted by Crippen LogP contribution is -2.34. The second kappa shape index (κ2) is 7.61. The third-order valence-electron chi connectivity index (χ3n) is 4.83. The van der Waals surface area contributed by atoms with Crippen molar-refractivity contribution in [2.24, 2.45) is 0 Å². The van der Waals surface area contributed by atoms with Crippen molar-refractivity contribution in [3.05, 3.63) is 60.4 Å². The number of ether oxygens (including phenoxy) is 1. The molecule has 142 valence electrons. The molecule has 28 heavy (non-hydrogen) atoms. The molecule has 0 amide bonds. The van der Waals surface area contributed by atoms with Gasteiger partial charge >= 0.3 is 0 Å². The molecular formula is C21H20FN5O. The van der Waals surface area contributed by atoms with Gasteiger partial charge in [0, 0.05) is 18.2 Å². The molecule has 0 spiro atoms. The zero-order chi connectivity index (χ0) is 19.5. The monoisotopic (exact) mass is 377 g/mol. The van der Waals surface area contributed by atoms with Crippen LogP contribution >= 0.6 is 0 Å². The third-order valence-corrected chi connectivity index (χ3v) is 4.83. The smallest absolute Gasteiger partial charge is 0.179 e. The van der Waals surface area contributed by atoms with E-state index < -0.39 is 0 Å². The van der Waals surface area contributed by atoms with Crippen molar-refractivity contribution >= 4 is 5.82 Å². The molecule has 1 fully saturated rings. The van der Waals surface area contributed by atoms with Crippen LogP contribution in [0.4, 0.5) is 10.2 Å². The van der Waals surface area contributed by atoms with Crippen LogP contribution < -0.4 is 10.5 Å². The van der Waals surface area contributed by atoms with Gasteiger partial charge in [-0.2, -0.15) is 10.4 Å². The number of benzene rings is 2. The van der Waals surface area contributed by atoms with E-state index in [9.17, 15) is 4.39 Å². The number of hydrogen-bond donors (Lipinski definition) is 1. The lowest BCUT2D eigenvalue weighted by atomic mass is 10.1. The molecule has 0 bridgehead atoms. The van der Waals surface area contributed by atoms with Gasteiger partial charge in [-0.3, -0.25) is 0 Å². The number of likely N-dealkylation sites (tertiary alicyclic amines) is 1. The van der Waals surface area contributed by atoms with E-state index >= 15 is 0 Å². The Morgan fingerprint density at radius 2 is 1.96 bits per heavy atom. The number of halogens is 1. The first kappa shape index (κ1) is 17.9. The standard InChI is InChI=1S/C21H20FN5O/c22-16-6-8-18(9-7-16)28-19-5-1-3-15(11-19)20-12-21(24)27(25-20)17-4-2-10-26(13-17)14-23/h1,3,5-9,11-12,17H,2,4,10,13,24H2. The summed E-state index contributed by atoms with van der Waals surface area (Å²) in [4.78, 5) is 1.74. The Kier molecular flexibility index (Phi) is 4.85.